The molecule has 1 heterocycles. The molecule has 1 saturated heterocycles. The Morgan fingerprint density at radius 1 is 1.19 bits per heavy atom. The average Bonchev–Trinajstić information content (AvgIpc) is 2.29. The normalized spacial score (nSPS) is 19.5. The van der Waals surface area contributed by atoms with Crippen LogP contribution in [0.2, 0.25) is 0 Å². The molecule has 0 saturated carbocycles. The number of nitrogens with one attached hydrogen (secondary N) is 1. The van der Waals surface area contributed by atoms with Gasteiger partial charge in [-0.2, -0.15) is 0 Å². The second kappa shape index (κ2) is 8.08. The summed E-state index contributed by atoms with van der Waals surface area (Å²) in [4.78, 5) is 2.62. The molecule has 0 radical (unpaired) electrons. The summed E-state index contributed by atoms with van der Waals surface area (Å²) in [6, 6.07) is 0. The topological polar surface area (TPSA) is 15.3 Å². The predicted molar refractivity (Wildman–Crippen MR) is 71.8 cm³/mol. The van der Waals surface area contributed by atoms with Gasteiger partial charge in [0, 0.05) is 13.1 Å². The molecule has 1 rings (SSSR count). The molecule has 0 spiro atoms. The van der Waals surface area contributed by atoms with E-state index >= 15 is 0 Å². The Balaban J connectivity index is 1.99. The lowest BCUT2D eigenvalue weighted by Gasteiger charge is -2.33. The van der Waals surface area contributed by atoms with E-state index in [4.69, 9.17) is 0 Å². The van der Waals surface area contributed by atoms with Gasteiger partial charge >= 0.3 is 0 Å². The van der Waals surface area contributed by atoms with E-state index in [-0.39, 0.29) is 0 Å². The molecule has 0 aromatic rings. The standard InChI is InChI=1S/C14H30N2/c1-4-5-8-15-9-12-16-10-6-14(7-11-16)13(2)3/h13-15H,4-12H2,1-3H3. The lowest BCUT2D eigenvalue weighted by Crippen LogP contribution is -2.39. The smallest absolute Gasteiger partial charge is 0.0107 e. The van der Waals surface area contributed by atoms with Crippen LogP contribution >= 0.6 is 0 Å². The van der Waals surface area contributed by atoms with Crippen LogP contribution in [0, 0.1) is 11.8 Å². The number of hydrogen-bond acceptors (Lipinski definition) is 2. The van der Waals surface area contributed by atoms with Crippen LogP contribution in [0.15, 0.2) is 0 Å². The highest BCUT2D eigenvalue weighted by Gasteiger charge is 2.20. The highest BCUT2D eigenvalue weighted by Crippen LogP contribution is 2.23. The van der Waals surface area contributed by atoms with Crippen LogP contribution in [-0.4, -0.2) is 37.6 Å². The summed E-state index contributed by atoms with van der Waals surface area (Å²) in [6.07, 6.45) is 5.43. The van der Waals surface area contributed by atoms with E-state index in [2.05, 4.69) is 31.0 Å². The van der Waals surface area contributed by atoms with E-state index in [1.165, 1.54) is 58.4 Å². The zero-order valence-electron chi connectivity index (χ0n) is 11.5. The number of likely N-dealkylation sites (tertiary alicyclic amines) is 1. The quantitative estimate of drug-likeness (QED) is 0.672. The summed E-state index contributed by atoms with van der Waals surface area (Å²) in [5.41, 5.74) is 0. The van der Waals surface area contributed by atoms with Gasteiger partial charge in [0.2, 0.25) is 0 Å². The van der Waals surface area contributed by atoms with Gasteiger partial charge < -0.3 is 10.2 Å². The third-order valence-corrected chi connectivity index (χ3v) is 3.89. The fraction of sp³-hybridized carbons (Fsp3) is 1.00. The highest BCUT2D eigenvalue weighted by molar-refractivity contribution is 4.74. The first-order chi connectivity index (χ1) is 7.74. The minimum Gasteiger partial charge on any atom is -0.315 e. The van der Waals surface area contributed by atoms with Crippen molar-refractivity contribution in [2.75, 3.05) is 32.7 Å². The minimum absolute atomic E-state index is 0.879. The molecule has 0 unspecified atom stereocenters. The SMILES string of the molecule is CCCCNCCN1CCC(C(C)C)CC1. The van der Waals surface area contributed by atoms with Crippen molar-refractivity contribution >= 4 is 0 Å². The lowest BCUT2D eigenvalue weighted by molar-refractivity contribution is 0.158. The Bertz CT molecular complexity index is 160. The predicted octanol–water partition coefficient (Wildman–Crippen LogP) is 2.74. The first-order valence-corrected chi connectivity index (χ1v) is 7.17. The second-order valence-electron chi connectivity index (χ2n) is 5.53. The molecule has 0 aliphatic carbocycles. The molecule has 96 valence electrons. The number of hydrogen-bond donors (Lipinski definition) is 1. The molecule has 0 aromatic carbocycles. The van der Waals surface area contributed by atoms with Crippen LogP contribution in [0.1, 0.15) is 46.5 Å². The van der Waals surface area contributed by atoms with Gasteiger partial charge in [-0.15, -0.1) is 0 Å². The maximum absolute atomic E-state index is 3.53. The van der Waals surface area contributed by atoms with E-state index < -0.39 is 0 Å². The van der Waals surface area contributed by atoms with E-state index in [1.54, 1.807) is 0 Å². The molecule has 1 N–H and O–H groups in total. The lowest BCUT2D eigenvalue weighted by atomic mass is 9.87. The van der Waals surface area contributed by atoms with Gasteiger partial charge in [-0.1, -0.05) is 27.2 Å². The summed E-state index contributed by atoms with van der Waals surface area (Å²) >= 11 is 0. The molecule has 2 nitrogen and oxygen atoms in total. The van der Waals surface area contributed by atoms with E-state index in [0.717, 1.165) is 11.8 Å². The Labute approximate surface area is 102 Å². The van der Waals surface area contributed by atoms with Gasteiger partial charge in [-0.25, -0.2) is 0 Å². The molecule has 1 aliphatic rings. The zero-order chi connectivity index (χ0) is 11.8. The minimum atomic E-state index is 0.879. The first-order valence-electron chi connectivity index (χ1n) is 7.17. The van der Waals surface area contributed by atoms with Crippen LogP contribution < -0.4 is 5.32 Å². The Hall–Kier alpha value is -0.0800. The third-order valence-electron chi connectivity index (χ3n) is 3.89. The number of nitrogens with zero attached hydrogens (tertiary/aromatic N) is 1. The molecule has 1 aliphatic heterocycles. The van der Waals surface area contributed by atoms with Crippen molar-refractivity contribution in [2.24, 2.45) is 11.8 Å². The fourth-order valence-electron chi connectivity index (χ4n) is 2.51. The summed E-state index contributed by atoms with van der Waals surface area (Å²) in [7, 11) is 0. The van der Waals surface area contributed by atoms with Crippen LogP contribution in [-0.2, 0) is 0 Å². The van der Waals surface area contributed by atoms with Gasteiger partial charge in [0.25, 0.3) is 0 Å². The van der Waals surface area contributed by atoms with Crippen LogP contribution in [0.5, 0.6) is 0 Å². The van der Waals surface area contributed by atoms with Crippen molar-refractivity contribution in [2.45, 2.75) is 46.5 Å². The molecule has 0 amide bonds. The Morgan fingerprint density at radius 2 is 1.88 bits per heavy atom. The maximum Gasteiger partial charge on any atom is 0.0107 e. The fourth-order valence-corrected chi connectivity index (χ4v) is 2.51. The molecular weight excluding hydrogens is 196 g/mol. The molecule has 2 heteroatoms. The van der Waals surface area contributed by atoms with Crippen molar-refractivity contribution in [1.29, 1.82) is 0 Å². The van der Waals surface area contributed by atoms with Gasteiger partial charge in [0.05, 0.1) is 0 Å². The third kappa shape index (κ3) is 5.31. The first kappa shape index (κ1) is 14.0. The van der Waals surface area contributed by atoms with Crippen LogP contribution in [0.25, 0.3) is 0 Å². The van der Waals surface area contributed by atoms with Gasteiger partial charge in [-0.05, 0) is 50.7 Å². The molecular formula is C14H30N2. The van der Waals surface area contributed by atoms with E-state index in [9.17, 15) is 0 Å². The van der Waals surface area contributed by atoms with Crippen LogP contribution in [0.4, 0.5) is 0 Å². The summed E-state index contributed by atoms with van der Waals surface area (Å²) in [5.74, 6) is 1.86. The van der Waals surface area contributed by atoms with Crippen LogP contribution in [0.3, 0.4) is 0 Å². The largest absolute Gasteiger partial charge is 0.315 e. The van der Waals surface area contributed by atoms with Crippen molar-refractivity contribution in [1.82, 2.24) is 10.2 Å². The van der Waals surface area contributed by atoms with Crippen molar-refractivity contribution in [3.05, 3.63) is 0 Å². The Morgan fingerprint density at radius 3 is 2.44 bits per heavy atom. The second-order valence-corrected chi connectivity index (χ2v) is 5.53. The molecule has 0 bridgehead atoms. The molecule has 0 aromatic heterocycles. The van der Waals surface area contributed by atoms with Gasteiger partial charge in [0.1, 0.15) is 0 Å². The number of unbranched alkanes of at least 4 members (excludes halogenated alkanes) is 1. The molecule has 1 fully saturated rings. The van der Waals surface area contributed by atoms with Gasteiger partial charge in [0.15, 0.2) is 0 Å². The van der Waals surface area contributed by atoms with Gasteiger partial charge in [-0.3, -0.25) is 0 Å². The zero-order valence-corrected chi connectivity index (χ0v) is 11.5. The van der Waals surface area contributed by atoms with Crippen molar-refractivity contribution in [3.63, 3.8) is 0 Å². The summed E-state index contributed by atoms with van der Waals surface area (Å²) < 4.78 is 0. The molecule has 0 atom stereocenters. The number of piperidine rings is 1. The van der Waals surface area contributed by atoms with Crippen molar-refractivity contribution < 1.29 is 0 Å². The summed E-state index contributed by atoms with van der Waals surface area (Å²) in [5, 5.41) is 3.53. The maximum atomic E-state index is 3.53. The Kier molecular flexibility index (Phi) is 7.06. The highest BCUT2D eigenvalue weighted by atomic mass is 15.1. The summed E-state index contributed by atoms with van der Waals surface area (Å²) in [6.45, 7) is 13.2. The molecule has 16 heavy (non-hydrogen) atoms. The monoisotopic (exact) mass is 226 g/mol. The van der Waals surface area contributed by atoms with E-state index in [1.807, 2.05) is 0 Å². The average molecular weight is 226 g/mol. The van der Waals surface area contributed by atoms with E-state index in [0.29, 0.717) is 0 Å². The number of rotatable bonds is 7. The van der Waals surface area contributed by atoms with Crippen molar-refractivity contribution in [3.8, 4) is 0 Å².